The molecule has 34 heavy (non-hydrogen) atoms. The fourth-order valence-electron chi connectivity index (χ4n) is 4.90. The number of carboxylic acids is 1. The molecule has 0 aromatic carbocycles. The fourth-order valence-corrected chi connectivity index (χ4v) is 4.90. The van der Waals surface area contributed by atoms with Gasteiger partial charge in [0.2, 0.25) is 5.88 Å². The molecule has 2 fully saturated rings. The summed E-state index contributed by atoms with van der Waals surface area (Å²) in [5, 5.41) is 12.4. The molecule has 1 aliphatic heterocycles. The minimum atomic E-state index is -0.769. The van der Waals surface area contributed by atoms with Gasteiger partial charge in [0.05, 0.1) is 6.61 Å². The van der Waals surface area contributed by atoms with Gasteiger partial charge in [-0.25, -0.2) is 0 Å². The van der Waals surface area contributed by atoms with Gasteiger partial charge in [0, 0.05) is 44.4 Å². The number of carbonyl (C=O) groups is 2. The maximum atomic E-state index is 13.1. The Morgan fingerprint density at radius 1 is 1.12 bits per heavy atom. The molecule has 4 rings (SSSR count). The summed E-state index contributed by atoms with van der Waals surface area (Å²) in [5.41, 5.74) is 1.50. The van der Waals surface area contributed by atoms with Gasteiger partial charge in [-0.1, -0.05) is 25.3 Å². The number of aliphatic carboxylic acids is 1. The lowest BCUT2D eigenvalue weighted by atomic mass is 9.95. The predicted molar refractivity (Wildman–Crippen MR) is 129 cm³/mol. The molecule has 0 bridgehead atoms. The Hall–Kier alpha value is -3.16. The second-order valence-electron chi connectivity index (χ2n) is 9.34. The fraction of sp³-hybridized carbons (Fsp3) is 0.538. The summed E-state index contributed by atoms with van der Waals surface area (Å²) in [6.45, 7) is 1.83. The quantitative estimate of drug-likeness (QED) is 0.578. The molecule has 182 valence electrons. The van der Waals surface area contributed by atoms with Crippen LogP contribution in [0.3, 0.4) is 0 Å². The van der Waals surface area contributed by atoms with E-state index in [2.05, 4.69) is 15.2 Å². The summed E-state index contributed by atoms with van der Waals surface area (Å²) in [4.78, 5) is 35.3. The number of carboxylic acid groups (broad SMARTS) is 1. The van der Waals surface area contributed by atoms with Crippen molar-refractivity contribution < 1.29 is 19.4 Å². The zero-order valence-corrected chi connectivity index (χ0v) is 19.6. The largest absolute Gasteiger partial charge is 0.481 e. The van der Waals surface area contributed by atoms with Crippen LogP contribution in [0.2, 0.25) is 0 Å². The van der Waals surface area contributed by atoms with Gasteiger partial charge in [0.1, 0.15) is 11.4 Å². The number of ether oxygens (including phenoxy) is 1. The van der Waals surface area contributed by atoms with Crippen LogP contribution in [0, 0.1) is 5.92 Å². The van der Waals surface area contributed by atoms with E-state index < -0.39 is 5.97 Å². The number of nitrogens with zero attached hydrogens (tertiary/aromatic N) is 3. The molecule has 0 spiro atoms. The Kier molecular flexibility index (Phi) is 8.33. The second kappa shape index (κ2) is 11.8. The van der Waals surface area contributed by atoms with Crippen molar-refractivity contribution in [3.05, 3.63) is 47.8 Å². The summed E-state index contributed by atoms with van der Waals surface area (Å²) in [7, 11) is 0. The lowest BCUT2D eigenvalue weighted by Crippen LogP contribution is -2.38. The van der Waals surface area contributed by atoms with Crippen LogP contribution in [-0.4, -0.2) is 52.7 Å². The first-order chi connectivity index (χ1) is 16.6. The Labute approximate surface area is 200 Å². The first-order valence-electron chi connectivity index (χ1n) is 12.4. The highest BCUT2D eigenvalue weighted by Crippen LogP contribution is 2.28. The number of hydrogen-bond donors (Lipinski definition) is 2. The Morgan fingerprint density at radius 2 is 1.97 bits per heavy atom. The summed E-state index contributed by atoms with van der Waals surface area (Å²) in [5.74, 6) is 0.228. The average molecular weight is 467 g/mol. The van der Waals surface area contributed by atoms with Crippen LogP contribution in [0.1, 0.15) is 67.3 Å². The van der Waals surface area contributed by atoms with E-state index >= 15 is 0 Å². The van der Waals surface area contributed by atoms with Gasteiger partial charge in [-0.05, 0) is 55.4 Å². The molecule has 0 radical (unpaired) electrons. The van der Waals surface area contributed by atoms with Gasteiger partial charge >= 0.3 is 5.97 Å². The van der Waals surface area contributed by atoms with Crippen LogP contribution >= 0.6 is 0 Å². The molecule has 8 heteroatoms. The summed E-state index contributed by atoms with van der Waals surface area (Å²) >= 11 is 0. The number of carbonyl (C=O) groups excluding carboxylic acids is 1. The molecular formula is C26H34N4O4. The standard InChI is InChI=1S/C26H34N4O4/c31-24(32)16-20-7-5-14-30(18-20)23-11-10-22(25(33)28-21-8-2-1-3-9-21)26(29-23)34-15-12-19-6-4-13-27-17-19/h4,6,10-11,13,17,20-21H,1-3,5,7-9,12,14-16,18H2,(H,28,33)(H,31,32)/t20-/m0/s1. The zero-order valence-electron chi connectivity index (χ0n) is 19.6. The topological polar surface area (TPSA) is 105 Å². The van der Waals surface area contributed by atoms with Crippen LogP contribution in [0.15, 0.2) is 36.7 Å². The lowest BCUT2D eigenvalue weighted by molar-refractivity contribution is -0.138. The first-order valence-corrected chi connectivity index (χ1v) is 12.4. The van der Waals surface area contributed by atoms with E-state index in [1.807, 2.05) is 18.2 Å². The van der Waals surface area contributed by atoms with E-state index in [4.69, 9.17) is 9.72 Å². The molecule has 1 atom stereocenters. The maximum absolute atomic E-state index is 13.1. The molecule has 1 amide bonds. The Balaban J connectivity index is 1.49. The summed E-state index contributed by atoms with van der Waals surface area (Å²) in [6, 6.07) is 7.73. The summed E-state index contributed by atoms with van der Waals surface area (Å²) in [6.07, 6.45) is 11.7. The predicted octanol–water partition coefficient (Wildman–Crippen LogP) is 3.85. The zero-order chi connectivity index (χ0) is 23.8. The summed E-state index contributed by atoms with van der Waals surface area (Å²) < 4.78 is 6.05. The number of piperidine rings is 1. The van der Waals surface area contributed by atoms with Gasteiger partial charge in [-0.3, -0.25) is 14.6 Å². The van der Waals surface area contributed by atoms with Crippen LogP contribution in [0.4, 0.5) is 5.82 Å². The molecule has 2 aromatic rings. The van der Waals surface area contributed by atoms with Gasteiger partial charge in [0.15, 0.2) is 0 Å². The van der Waals surface area contributed by atoms with Crippen molar-refractivity contribution in [1.29, 1.82) is 0 Å². The van der Waals surface area contributed by atoms with E-state index in [1.54, 1.807) is 18.5 Å². The molecule has 0 unspecified atom stereocenters. The van der Waals surface area contributed by atoms with Gasteiger partial charge in [-0.15, -0.1) is 0 Å². The molecule has 1 aliphatic carbocycles. The van der Waals surface area contributed by atoms with E-state index in [0.717, 1.165) is 56.5 Å². The number of anilines is 1. The second-order valence-corrected chi connectivity index (χ2v) is 9.34. The Morgan fingerprint density at radius 3 is 2.74 bits per heavy atom. The van der Waals surface area contributed by atoms with E-state index in [-0.39, 0.29) is 24.3 Å². The van der Waals surface area contributed by atoms with Crippen LogP contribution < -0.4 is 15.0 Å². The van der Waals surface area contributed by atoms with Gasteiger partial charge in [0.25, 0.3) is 5.91 Å². The number of amides is 1. The number of nitrogens with one attached hydrogen (secondary N) is 1. The molecular weight excluding hydrogens is 432 g/mol. The third-order valence-electron chi connectivity index (χ3n) is 6.69. The highest BCUT2D eigenvalue weighted by molar-refractivity contribution is 5.96. The van der Waals surface area contributed by atoms with Gasteiger partial charge < -0.3 is 20.1 Å². The monoisotopic (exact) mass is 466 g/mol. The average Bonchev–Trinajstić information content (AvgIpc) is 2.85. The first kappa shape index (κ1) is 24.0. The van der Waals surface area contributed by atoms with Crippen LogP contribution in [0.5, 0.6) is 5.88 Å². The lowest BCUT2D eigenvalue weighted by Gasteiger charge is -2.33. The highest BCUT2D eigenvalue weighted by Gasteiger charge is 2.25. The van der Waals surface area contributed by atoms with Gasteiger partial charge in [-0.2, -0.15) is 4.98 Å². The third kappa shape index (κ3) is 6.68. The molecule has 2 N–H and O–H groups in total. The number of pyridine rings is 2. The maximum Gasteiger partial charge on any atom is 0.303 e. The molecule has 1 saturated carbocycles. The number of aromatic nitrogens is 2. The van der Waals surface area contributed by atoms with E-state index in [0.29, 0.717) is 31.0 Å². The van der Waals surface area contributed by atoms with Crippen molar-refractivity contribution in [3.63, 3.8) is 0 Å². The molecule has 8 nitrogen and oxygen atoms in total. The minimum Gasteiger partial charge on any atom is -0.481 e. The smallest absolute Gasteiger partial charge is 0.303 e. The number of hydrogen-bond acceptors (Lipinski definition) is 6. The normalized spacial score (nSPS) is 18.9. The third-order valence-corrected chi connectivity index (χ3v) is 6.69. The SMILES string of the molecule is O=C(O)C[C@@H]1CCCN(c2ccc(C(=O)NC3CCCCC3)c(OCCc3cccnc3)n2)C1. The molecule has 2 aliphatic rings. The molecule has 1 saturated heterocycles. The molecule has 2 aromatic heterocycles. The molecule has 3 heterocycles. The Bertz CT molecular complexity index is 963. The highest BCUT2D eigenvalue weighted by atomic mass is 16.5. The van der Waals surface area contributed by atoms with Crippen molar-refractivity contribution in [2.45, 2.75) is 63.8 Å². The van der Waals surface area contributed by atoms with Crippen molar-refractivity contribution in [2.24, 2.45) is 5.92 Å². The van der Waals surface area contributed by atoms with Crippen molar-refractivity contribution in [2.75, 3.05) is 24.6 Å². The van der Waals surface area contributed by atoms with E-state index in [9.17, 15) is 14.7 Å². The van der Waals surface area contributed by atoms with Crippen LogP contribution in [-0.2, 0) is 11.2 Å². The van der Waals surface area contributed by atoms with Crippen molar-refractivity contribution in [1.82, 2.24) is 15.3 Å². The van der Waals surface area contributed by atoms with Crippen molar-refractivity contribution in [3.8, 4) is 5.88 Å². The van der Waals surface area contributed by atoms with Crippen LogP contribution in [0.25, 0.3) is 0 Å². The minimum absolute atomic E-state index is 0.0947. The van der Waals surface area contributed by atoms with Crippen molar-refractivity contribution >= 4 is 17.7 Å². The number of rotatable bonds is 9. The van der Waals surface area contributed by atoms with E-state index in [1.165, 1.54) is 6.42 Å².